The van der Waals surface area contributed by atoms with Crippen LogP contribution in [0.4, 0.5) is 0 Å². The lowest BCUT2D eigenvalue weighted by Gasteiger charge is -2.05. The summed E-state index contributed by atoms with van der Waals surface area (Å²) >= 11 is 3.43. The normalized spacial score (nSPS) is 10.7. The molecule has 2 aromatic carbocycles. The minimum absolute atomic E-state index is 0.414. The summed E-state index contributed by atoms with van der Waals surface area (Å²) in [5, 5.41) is 12.6. The minimum Gasteiger partial charge on any atom is -0.326 e. The fourth-order valence-corrected chi connectivity index (χ4v) is 2.34. The molecule has 3 rings (SSSR count). The zero-order valence-electron chi connectivity index (χ0n) is 10.6. The van der Waals surface area contributed by atoms with E-state index in [0.717, 1.165) is 21.3 Å². The average Bonchev–Trinajstić information content (AvgIpc) is 2.97. The third-order valence-electron chi connectivity index (χ3n) is 2.92. The number of aromatic nitrogens is 4. The second-order valence-electron chi connectivity index (χ2n) is 4.25. The van der Waals surface area contributed by atoms with Gasteiger partial charge in [-0.2, -0.15) is 0 Å². The molecule has 3 aromatic rings. The number of tetrazole rings is 1. The van der Waals surface area contributed by atoms with Gasteiger partial charge in [0.25, 0.3) is 0 Å². The van der Waals surface area contributed by atoms with Crippen LogP contribution in [0.2, 0.25) is 0 Å². The van der Waals surface area contributed by atoms with Crippen LogP contribution in [-0.4, -0.2) is 20.2 Å². The molecule has 0 spiro atoms. The van der Waals surface area contributed by atoms with E-state index in [4.69, 9.17) is 5.73 Å². The molecule has 0 bridgehead atoms. The molecule has 0 aliphatic rings. The van der Waals surface area contributed by atoms with Crippen LogP contribution in [0, 0.1) is 0 Å². The van der Waals surface area contributed by atoms with Crippen molar-refractivity contribution >= 4 is 15.9 Å². The predicted octanol–water partition coefficient (Wildman–Crippen LogP) is 2.55. The van der Waals surface area contributed by atoms with Crippen LogP contribution in [0.1, 0.15) is 5.56 Å². The highest BCUT2D eigenvalue weighted by atomic mass is 79.9. The fourth-order valence-electron chi connectivity index (χ4n) is 1.93. The Bertz CT molecular complexity index is 723. The summed E-state index contributed by atoms with van der Waals surface area (Å²) < 4.78 is 0.977. The van der Waals surface area contributed by atoms with Gasteiger partial charge in [-0.15, -0.1) is 15.0 Å². The Hall–Kier alpha value is -2.05. The molecule has 0 radical (unpaired) electrons. The summed E-state index contributed by atoms with van der Waals surface area (Å²) in [6, 6.07) is 15.6. The van der Waals surface area contributed by atoms with Crippen molar-refractivity contribution in [2.24, 2.45) is 5.73 Å². The third-order valence-corrected chi connectivity index (χ3v) is 3.42. The molecule has 0 fully saturated rings. The van der Waals surface area contributed by atoms with Crippen molar-refractivity contribution in [2.45, 2.75) is 6.54 Å². The molecule has 1 aromatic heterocycles. The first-order valence-corrected chi connectivity index (χ1v) is 6.91. The second-order valence-corrected chi connectivity index (χ2v) is 5.16. The molecule has 1 heterocycles. The van der Waals surface area contributed by atoms with Gasteiger partial charge in [-0.25, -0.2) is 0 Å². The molecule has 0 unspecified atom stereocenters. The Morgan fingerprint density at radius 1 is 1.10 bits per heavy atom. The molecule has 0 saturated carbocycles. The maximum atomic E-state index is 5.76. The minimum atomic E-state index is 0.414. The van der Waals surface area contributed by atoms with E-state index in [1.54, 1.807) is 0 Å². The van der Waals surface area contributed by atoms with E-state index in [1.165, 1.54) is 4.80 Å². The smallest absolute Gasteiger partial charge is 0.205 e. The topological polar surface area (TPSA) is 69.6 Å². The van der Waals surface area contributed by atoms with Crippen LogP contribution in [0.25, 0.3) is 17.1 Å². The largest absolute Gasteiger partial charge is 0.326 e. The highest BCUT2D eigenvalue weighted by molar-refractivity contribution is 9.10. The maximum absolute atomic E-state index is 5.76. The van der Waals surface area contributed by atoms with Crippen LogP contribution in [0.3, 0.4) is 0 Å². The highest BCUT2D eigenvalue weighted by Gasteiger charge is 2.10. The van der Waals surface area contributed by atoms with E-state index < -0.39 is 0 Å². The van der Waals surface area contributed by atoms with Crippen molar-refractivity contribution in [3.8, 4) is 17.1 Å². The summed E-state index contributed by atoms with van der Waals surface area (Å²) in [7, 11) is 0. The average molecular weight is 330 g/mol. The Morgan fingerprint density at radius 3 is 2.65 bits per heavy atom. The number of nitrogens with two attached hydrogens (primary N) is 1. The first-order chi connectivity index (χ1) is 9.78. The molecule has 0 atom stereocenters. The molecule has 0 amide bonds. The van der Waals surface area contributed by atoms with Gasteiger partial charge in [-0.05, 0) is 29.0 Å². The van der Waals surface area contributed by atoms with Gasteiger partial charge >= 0.3 is 0 Å². The molecule has 100 valence electrons. The molecule has 0 aliphatic carbocycles. The van der Waals surface area contributed by atoms with Gasteiger partial charge in [-0.1, -0.05) is 46.3 Å². The number of benzene rings is 2. The number of hydrogen-bond donors (Lipinski definition) is 1. The Morgan fingerprint density at radius 2 is 1.90 bits per heavy atom. The number of hydrogen-bond acceptors (Lipinski definition) is 4. The van der Waals surface area contributed by atoms with Crippen molar-refractivity contribution in [1.82, 2.24) is 20.2 Å². The van der Waals surface area contributed by atoms with Crippen LogP contribution in [0.15, 0.2) is 53.0 Å². The van der Waals surface area contributed by atoms with E-state index in [2.05, 4.69) is 31.3 Å². The molecule has 6 heteroatoms. The first-order valence-electron chi connectivity index (χ1n) is 6.12. The predicted molar refractivity (Wildman–Crippen MR) is 80.2 cm³/mol. The molecular weight excluding hydrogens is 318 g/mol. The van der Waals surface area contributed by atoms with Crippen molar-refractivity contribution in [3.05, 3.63) is 58.6 Å². The van der Waals surface area contributed by atoms with E-state index in [9.17, 15) is 0 Å². The summed E-state index contributed by atoms with van der Waals surface area (Å²) in [4.78, 5) is 1.51. The molecule has 0 aliphatic heterocycles. The summed E-state index contributed by atoms with van der Waals surface area (Å²) in [6.45, 7) is 0.414. The quantitative estimate of drug-likeness (QED) is 0.801. The van der Waals surface area contributed by atoms with Gasteiger partial charge in [-0.3, -0.25) is 0 Å². The molecule has 2 N–H and O–H groups in total. The van der Waals surface area contributed by atoms with E-state index >= 15 is 0 Å². The lowest BCUT2D eigenvalue weighted by Crippen LogP contribution is -2.07. The monoisotopic (exact) mass is 329 g/mol. The molecule has 0 saturated heterocycles. The fraction of sp³-hybridized carbons (Fsp3) is 0.0714. The number of halogens is 1. The van der Waals surface area contributed by atoms with Crippen molar-refractivity contribution in [2.75, 3.05) is 0 Å². The van der Waals surface area contributed by atoms with E-state index in [-0.39, 0.29) is 0 Å². The Kier molecular flexibility index (Phi) is 3.58. The maximum Gasteiger partial charge on any atom is 0.205 e. The second kappa shape index (κ2) is 5.52. The highest BCUT2D eigenvalue weighted by Crippen LogP contribution is 2.20. The molecule has 5 nitrogen and oxygen atoms in total. The zero-order chi connectivity index (χ0) is 13.9. The van der Waals surface area contributed by atoms with Crippen molar-refractivity contribution in [3.63, 3.8) is 0 Å². The lowest BCUT2D eigenvalue weighted by molar-refractivity contribution is 0.711. The van der Waals surface area contributed by atoms with Gasteiger partial charge in [0.15, 0.2) is 0 Å². The van der Waals surface area contributed by atoms with Crippen molar-refractivity contribution < 1.29 is 0 Å². The molecular formula is C14H12BrN5. The van der Waals surface area contributed by atoms with Gasteiger partial charge in [0.1, 0.15) is 0 Å². The number of rotatable bonds is 3. The van der Waals surface area contributed by atoms with Crippen LogP contribution in [0.5, 0.6) is 0 Å². The Labute approximate surface area is 124 Å². The zero-order valence-corrected chi connectivity index (χ0v) is 12.2. The van der Waals surface area contributed by atoms with Crippen LogP contribution >= 0.6 is 15.9 Å². The third kappa shape index (κ3) is 2.48. The first kappa shape index (κ1) is 13.0. The SMILES string of the molecule is NCc1cc(Br)ccc1-n1nnc(-c2ccccc2)n1. The lowest BCUT2D eigenvalue weighted by atomic mass is 10.2. The Balaban J connectivity index is 2.02. The summed E-state index contributed by atoms with van der Waals surface area (Å²) in [6.07, 6.45) is 0. The van der Waals surface area contributed by atoms with Gasteiger partial charge in [0, 0.05) is 16.6 Å². The van der Waals surface area contributed by atoms with E-state index in [1.807, 2.05) is 48.5 Å². The summed E-state index contributed by atoms with van der Waals surface area (Å²) in [5.74, 6) is 0.594. The molecule has 20 heavy (non-hydrogen) atoms. The van der Waals surface area contributed by atoms with Gasteiger partial charge < -0.3 is 5.73 Å². The van der Waals surface area contributed by atoms with E-state index in [0.29, 0.717) is 12.4 Å². The van der Waals surface area contributed by atoms with Crippen LogP contribution in [-0.2, 0) is 6.54 Å². The number of nitrogens with zero attached hydrogens (tertiary/aromatic N) is 4. The van der Waals surface area contributed by atoms with Crippen molar-refractivity contribution in [1.29, 1.82) is 0 Å². The summed E-state index contributed by atoms with van der Waals surface area (Å²) in [5.41, 5.74) is 8.49. The van der Waals surface area contributed by atoms with Crippen LogP contribution < -0.4 is 5.73 Å². The standard InChI is InChI=1S/C14H12BrN5/c15-12-6-7-13(11(8-12)9-16)20-18-14(17-19-20)10-4-2-1-3-5-10/h1-8H,9,16H2. The van der Waals surface area contributed by atoms with Gasteiger partial charge in [0.2, 0.25) is 5.82 Å². The van der Waals surface area contributed by atoms with Gasteiger partial charge in [0.05, 0.1) is 5.69 Å².